The van der Waals surface area contributed by atoms with E-state index in [4.69, 9.17) is 4.74 Å². The van der Waals surface area contributed by atoms with Crippen molar-refractivity contribution in [2.24, 2.45) is 0 Å². The van der Waals surface area contributed by atoms with E-state index in [-0.39, 0.29) is 5.75 Å². The van der Waals surface area contributed by atoms with E-state index < -0.39 is 22.2 Å². The first-order chi connectivity index (χ1) is 10.9. The zero-order valence-electron chi connectivity index (χ0n) is 11.9. The first-order valence-corrected chi connectivity index (χ1v) is 6.63. The number of ether oxygens (including phenoxy) is 1. The molecule has 5 nitrogen and oxygen atoms in total. The molecule has 0 aliphatic rings. The molecule has 0 atom stereocenters. The molecule has 2 aromatic carbocycles. The van der Waals surface area contributed by atoms with Gasteiger partial charge in [-0.1, -0.05) is 0 Å². The van der Waals surface area contributed by atoms with Crippen molar-refractivity contribution >= 4 is 16.6 Å². The predicted molar refractivity (Wildman–Crippen MR) is 79.6 cm³/mol. The summed E-state index contributed by atoms with van der Waals surface area (Å²) in [5, 5.41) is 11.0. The van der Waals surface area contributed by atoms with Crippen molar-refractivity contribution in [1.29, 1.82) is 0 Å². The van der Waals surface area contributed by atoms with Crippen molar-refractivity contribution in [3.05, 3.63) is 69.9 Å². The summed E-state index contributed by atoms with van der Waals surface area (Å²) >= 11 is 0. The molecule has 0 amide bonds. The maximum absolute atomic E-state index is 13.7. The van der Waals surface area contributed by atoms with Crippen LogP contribution < -0.4 is 4.74 Å². The average Bonchev–Trinajstić information content (AvgIpc) is 2.47. The largest absolute Gasteiger partial charge is 0.456 e. The van der Waals surface area contributed by atoms with Crippen LogP contribution in [0, 0.1) is 28.7 Å². The maximum Gasteiger partial charge on any atom is 0.305 e. The Bertz CT molecular complexity index is 929. The van der Waals surface area contributed by atoms with Crippen molar-refractivity contribution in [2.45, 2.75) is 6.92 Å². The molecule has 1 aromatic heterocycles. The second-order valence-electron chi connectivity index (χ2n) is 4.90. The fourth-order valence-electron chi connectivity index (χ4n) is 2.20. The average molecular weight is 316 g/mol. The highest BCUT2D eigenvalue weighted by Gasteiger charge is 2.15. The Morgan fingerprint density at radius 1 is 1.13 bits per heavy atom. The van der Waals surface area contributed by atoms with Gasteiger partial charge >= 0.3 is 5.69 Å². The van der Waals surface area contributed by atoms with Crippen LogP contribution in [0.2, 0.25) is 0 Å². The summed E-state index contributed by atoms with van der Waals surface area (Å²) in [5.41, 5.74) is 0.532. The molecule has 0 saturated carbocycles. The van der Waals surface area contributed by atoms with Crippen molar-refractivity contribution in [1.82, 2.24) is 4.98 Å². The third-order valence-electron chi connectivity index (χ3n) is 3.20. The maximum atomic E-state index is 13.7. The summed E-state index contributed by atoms with van der Waals surface area (Å²) in [6, 6.07) is 8.85. The van der Waals surface area contributed by atoms with Crippen LogP contribution in [0.5, 0.6) is 11.5 Å². The number of nitro groups is 1. The van der Waals surface area contributed by atoms with E-state index >= 15 is 0 Å². The molecule has 7 heteroatoms. The number of nitro benzene ring substituents is 1. The van der Waals surface area contributed by atoms with Crippen molar-refractivity contribution < 1.29 is 18.4 Å². The second-order valence-corrected chi connectivity index (χ2v) is 4.90. The van der Waals surface area contributed by atoms with Crippen LogP contribution in [-0.4, -0.2) is 9.91 Å². The van der Waals surface area contributed by atoms with E-state index in [0.717, 1.165) is 12.1 Å². The number of aryl methyl sites for hydroxylation is 1. The Hall–Kier alpha value is -3.09. The SMILES string of the molecule is Cc1cc(Oc2ccc([N+](=O)[O-])c(F)c2)c2cc(F)ccc2n1. The van der Waals surface area contributed by atoms with E-state index in [9.17, 15) is 18.9 Å². The summed E-state index contributed by atoms with van der Waals surface area (Å²) in [6.45, 7) is 1.74. The lowest BCUT2D eigenvalue weighted by Crippen LogP contribution is -1.95. The Labute approximate surface area is 129 Å². The van der Waals surface area contributed by atoms with Gasteiger partial charge in [-0.05, 0) is 31.2 Å². The van der Waals surface area contributed by atoms with Crippen molar-refractivity contribution in [3.8, 4) is 11.5 Å². The normalized spacial score (nSPS) is 10.7. The third kappa shape index (κ3) is 2.94. The van der Waals surface area contributed by atoms with Crippen molar-refractivity contribution in [3.63, 3.8) is 0 Å². The molecule has 0 bridgehead atoms. The Balaban J connectivity index is 2.06. The van der Waals surface area contributed by atoms with Crippen LogP contribution in [0.3, 0.4) is 0 Å². The quantitative estimate of drug-likeness (QED) is 0.526. The van der Waals surface area contributed by atoms with Crippen LogP contribution in [0.25, 0.3) is 10.9 Å². The summed E-state index contributed by atoms with van der Waals surface area (Å²) in [4.78, 5) is 14.1. The molecule has 0 saturated heterocycles. The molecule has 0 fully saturated rings. The van der Waals surface area contributed by atoms with Gasteiger partial charge in [-0.3, -0.25) is 15.1 Å². The number of halogens is 2. The van der Waals surface area contributed by atoms with E-state index in [2.05, 4.69) is 4.98 Å². The zero-order chi connectivity index (χ0) is 16.6. The minimum absolute atomic E-state index is 0.0734. The summed E-state index contributed by atoms with van der Waals surface area (Å²) in [5.74, 6) is -1.10. The number of fused-ring (bicyclic) bond motifs is 1. The molecule has 3 rings (SSSR count). The Kier molecular flexibility index (Phi) is 3.61. The monoisotopic (exact) mass is 316 g/mol. The molecule has 0 unspecified atom stereocenters. The molecule has 3 aromatic rings. The van der Waals surface area contributed by atoms with Gasteiger partial charge in [0.2, 0.25) is 5.82 Å². The van der Waals surface area contributed by atoms with Gasteiger partial charge in [-0.2, -0.15) is 4.39 Å². The first kappa shape index (κ1) is 14.8. The molecular formula is C16H10F2N2O3. The lowest BCUT2D eigenvalue weighted by molar-refractivity contribution is -0.387. The highest BCUT2D eigenvalue weighted by molar-refractivity contribution is 5.85. The molecule has 0 N–H and O–H groups in total. The Morgan fingerprint density at radius 3 is 2.61 bits per heavy atom. The number of pyridine rings is 1. The standard InChI is InChI=1S/C16H10F2N2O3/c1-9-6-16(12-7-10(17)2-4-14(12)19-9)23-11-3-5-15(20(21)22)13(18)8-11/h2-8H,1H3. The minimum atomic E-state index is -1.01. The van der Waals surface area contributed by atoms with Crippen LogP contribution in [0.4, 0.5) is 14.5 Å². The second kappa shape index (κ2) is 5.60. The molecule has 1 heterocycles. The number of rotatable bonds is 3. The number of nitrogens with zero attached hydrogens (tertiary/aromatic N) is 2. The fraction of sp³-hybridized carbons (Fsp3) is 0.0625. The molecule has 0 radical (unpaired) electrons. The minimum Gasteiger partial charge on any atom is -0.456 e. The third-order valence-corrected chi connectivity index (χ3v) is 3.20. The summed E-state index contributed by atoms with van der Waals surface area (Å²) < 4.78 is 32.7. The van der Waals surface area contributed by atoms with E-state index in [0.29, 0.717) is 22.3 Å². The van der Waals surface area contributed by atoms with E-state index in [1.54, 1.807) is 13.0 Å². The molecule has 23 heavy (non-hydrogen) atoms. The Morgan fingerprint density at radius 2 is 1.91 bits per heavy atom. The van der Waals surface area contributed by atoms with Gasteiger partial charge in [-0.25, -0.2) is 4.39 Å². The lowest BCUT2D eigenvalue weighted by atomic mass is 10.2. The van der Waals surface area contributed by atoms with Gasteiger partial charge in [0.1, 0.15) is 17.3 Å². The number of hydrogen-bond acceptors (Lipinski definition) is 4. The number of aromatic nitrogens is 1. The fourth-order valence-corrected chi connectivity index (χ4v) is 2.20. The van der Waals surface area contributed by atoms with Crippen LogP contribution in [-0.2, 0) is 0 Å². The van der Waals surface area contributed by atoms with E-state index in [1.165, 1.54) is 24.3 Å². The lowest BCUT2D eigenvalue weighted by Gasteiger charge is -2.10. The molecule has 0 aliphatic carbocycles. The van der Waals surface area contributed by atoms with Crippen LogP contribution in [0.15, 0.2) is 42.5 Å². The highest BCUT2D eigenvalue weighted by atomic mass is 19.1. The molecule has 0 aliphatic heterocycles. The van der Waals surface area contributed by atoms with Crippen LogP contribution in [0.1, 0.15) is 5.69 Å². The molecule has 116 valence electrons. The predicted octanol–water partition coefficient (Wildman–Crippen LogP) is 4.52. The summed E-state index contributed by atoms with van der Waals surface area (Å²) in [7, 11) is 0. The topological polar surface area (TPSA) is 65.3 Å². The van der Waals surface area contributed by atoms with E-state index in [1.807, 2.05) is 0 Å². The first-order valence-electron chi connectivity index (χ1n) is 6.63. The van der Waals surface area contributed by atoms with Crippen molar-refractivity contribution in [2.75, 3.05) is 0 Å². The van der Waals surface area contributed by atoms with Gasteiger partial charge in [-0.15, -0.1) is 0 Å². The molecular weight excluding hydrogens is 306 g/mol. The number of benzene rings is 2. The number of hydrogen-bond donors (Lipinski definition) is 0. The van der Waals surface area contributed by atoms with Crippen LogP contribution >= 0.6 is 0 Å². The van der Waals surface area contributed by atoms with Gasteiger partial charge in [0.25, 0.3) is 0 Å². The highest BCUT2D eigenvalue weighted by Crippen LogP contribution is 2.32. The van der Waals surface area contributed by atoms with Gasteiger partial charge < -0.3 is 4.74 Å². The van der Waals surface area contributed by atoms with Gasteiger partial charge in [0, 0.05) is 29.3 Å². The zero-order valence-corrected chi connectivity index (χ0v) is 11.9. The van der Waals surface area contributed by atoms with Gasteiger partial charge in [0.15, 0.2) is 0 Å². The summed E-state index contributed by atoms with van der Waals surface area (Å²) in [6.07, 6.45) is 0. The smallest absolute Gasteiger partial charge is 0.305 e. The molecule has 0 spiro atoms. The van der Waals surface area contributed by atoms with Gasteiger partial charge in [0.05, 0.1) is 10.4 Å².